The van der Waals surface area contributed by atoms with E-state index in [0.717, 1.165) is 31.3 Å². The first-order valence-electron chi connectivity index (χ1n) is 6.91. The van der Waals surface area contributed by atoms with Crippen LogP contribution in [0, 0.1) is 23.2 Å². The Labute approximate surface area is 105 Å². The molecule has 0 aliphatic heterocycles. The van der Waals surface area contributed by atoms with Gasteiger partial charge in [0, 0.05) is 11.3 Å². The van der Waals surface area contributed by atoms with Crippen LogP contribution in [0.2, 0.25) is 0 Å². The highest BCUT2D eigenvalue weighted by Crippen LogP contribution is 2.54. The van der Waals surface area contributed by atoms with E-state index in [1.165, 1.54) is 0 Å². The molecule has 5 atom stereocenters. The third-order valence-electron chi connectivity index (χ3n) is 5.30. The molecule has 2 N–H and O–H groups in total. The summed E-state index contributed by atoms with van der Waals surface area (Å²) in [6.45, 7) is 10.6. The van der Waals surface area contributed by atoms with Gasteiger partial charge in [0.1, 0.15) is 0 Å². The highest BCUT2D eigenvalue weighted by molar-refractivity contribution is 5.17. The van der Waals surface area contributed by atoms with E-state index >= 15 is 0 Å². The molecule has 98 valence electrons. The molecule has 0 heterocycles. The van der Waals surface area contributed by atoms with Crippen molar-refractivity contribution < 1.29 is 10.2 Å². The lowest BCUT2D eigenvalue weighted by Gasteiger charge is -2.54. The Morgan fingerprint density at radius 1 is 1.29 bits per heavy atom. The largest absolute Gasteiger partial charge is 0.393 e. The van der Waals surface area contributed by atoms with Gasteiger partial charge in [-0.2, -0.15) is 0 Å². The maximum absolute atomic E-state index is 10.6. The Bertz CT molecular complexity index is 310. The number of hydrogen-bond donors (Lipinski definition) is 2. The second-order valence-electron chi connectivity index (χ2n) is 6.63. The molecule has 0 spiro atoms. The number of aliphatic hydroxyl groups excluding tert-OH is 2. The minimum absolute atomic E-state index is 0.0902. The van der Waals surface area contributed by atoms with Crippen molar-refractivity contribution in [3.05, 3.63) is 12.2 Å². The second kappa shape index (κ2) is 4.40. The first-order valence-corrected chi connectivity index (χ1v) is 6.91. The average molecular weight is 238 g/mol. The van der Waals surface area contributed by atoms with Crippen LogP contribution in [-0.2, 0) is 0 Å². The van der Waals surface area contributed by atoms with Gasteiger partial charge in [0.15, 0.2) is 0 Å². The molecule has 2 saturated carbocycles. The lowest BCUT2D eigenvalue weighted by atomic mass is 9.53. The van der Waals surface area contributed by atoms with Gasteiger partial charge in [0.25, 0.3) is 0 Å². The molecule has 0 saturated heterocycles. The maximum atomic E-state index is 10.6. The lowest BCUT2D eigenvalue weighted by Crippen LogP contribution is -2.54. The Balaban J connectivity index is 2.29. The fourth-order valence-corrected chi connectivity index (χ4v) is 4.06. The quantitative estimate of drug-likeness (QED) is 0.690. The van der Waals surface area contributed by atoms with Gasteiger partial charge in [0.05, 0.1) is 12.2 Å². The van der Waals surface area contributed by atoms with Crippen LogP contribution in [-0.4, -0.2) is 22.4 Å². The molecule has 0 unspecified atom stereocenters. The molecule has 17 heavy (non-hydrogen) atoms. The molecular formula is C15H26O2. The summed E-state index contributed by atoms with van der Waals surface area (Å²) in [7, 11) is 0. The van der Waals surface area contributed by atoms with E-state index in [9.17, 15) is 10.2 Å². The monoisotopic (exact) mass is 238 g/mol. The minimum atomic E-state index is -0.323. The molecule has 0 amide bonds. The van der Waals surface area contributed by atoms with Crippen LogP contribution in [0.4, 0.5) is 0 Å². The topological polar surface area (TPSA) is 40.5 Å². The predicted molar refractivity (Wildman–Crippen MR) is 69.5 cm³/mol. The standard InChI is InChI=1S/C15H26O2/c1-9(2)11-7-8-15(4)12(16)6-5-10(3)13(15)14(11)17/h9,11-14,16-17H,3,5-8H2,1-2,4H3/t11-,12+,13+,14+,15-/m0/s1. The molecule has 2 aliphatic rings. The van der Waals surface area contributed by atoms with Crippen LogP contribution in [0.1, 0.15) is 46.5 Å². The van der Waals surface area contributed by atoms with Gasteiger partial charge in [-0.15, -0.1) is 0 Å². The van der Waals surface area contributed by atoms with Crippen molar-refractivity contribution in [2.24, 2.45) is 23.2 Å². The van der Waals surface area contributed by atoms with Crippen molar-refractivity contribution >= 4 is 0 Å². The zero-order valence-electron chi connectivity index (χ0n) is 11.3. The van der Waals surface area contributed by atoms with E-state index in [1.54, 1.807) is 0 Å². The smallest absolute Gasteiger partial charge is 0.0642 e. The lowest BCUT2D eigenvalue weighted by molar-refractivity contribution is -0.120. The first kappa shape index (κ1) is 13.1. The zero-order valence-corrected chi connectivity index (χ0v) is 11.3. The molecule has 0 aromatic rings. The van der Waals surface area contributed by atoms with Crippen molar-refractivity contribution in [1.29, 1.82) is 0 Å². The first-order chi connectivity index (χ1) is 7.88. The third kappa shape index (κ3) is 1.96. The second-order valence-corrected chi connectivity index (χ2v) is 6.63. The van der Waals surface area contributed by atoms with Gasteiger partial charge < -0.3 is 10.2 Å². The fourth-order valence-electron chi connectivity index (χ4n) is 4.06. The van der Waals surface area contributed by atoms with Crippen LogP contribution in [0.25, 0.3) is 0 Å². The summed E-state index contributed by atoms with van der Waals surface area (Å²) in [4.78, 5) is 0. The molecular weight excluding hydrogens is 212 g/mol. The van der Waals surface area contributed by atoms with Crippen LogP contribution >= 0.6 is 0 Å². The molecule has 2 rings (SSSR count). The molecule has 2 nitrogen and oxygen atoms in total. The van der Waals surface area contributed by atoms with Crippen molar-refractivity contribution in [3.63, 3.8) is 0 Å². The summed E-state index contributed by atoms with van der Waals surface area (Å²) < 4.78 is 0. The summed E-state index contributed by atoms with van der Waals surface area (Å²) in [5.74, 6) is 0.948. The number of rotatable bonds is 1. The van der Waals surface area contributed by atoms with Gasteiger partial charge in [-0.1, -0.05) is 32.9 Å². The Hall–Kier alpha value is -0.340. The molecule has 0 aromatic heterocycles. The van der Waals surface area contributed by atoms with Crippen LogP contribution in [0.3, 0.4) is 0 Å². The van der Waals surface area contributed by atoms with Crippen LogP contribution < -0.4 is 0 Å². The Morgan fingerprint density at radius 3 is 2.53 bits per heavy atom. The molecule has 0 bridgehead atoms. The van der Waals surface area contributed by atoms with E-state index in [-0.39, 0.29) is 23.5 Å². The van der Waals surface area contributed by atoms with Crippen molar-refractivity contribution in [2.75, 3.05) is 0 Å². The predicted octanol–water partition coefficient (Wildman–Crippen LogP) is 2.75. The van der Waals surface area contributed by atoms with Crippen molar-refractivity contribution in [3.8, 4) is 0 Å². The van der Waals surface area contributed by atoms with Gasteiger partial charge in [-0.25, -0.2) is 0 Å². The SMILES string of the molecule is C=C1CC[C@@H](O)[C@]2(C)CC[C@@H](C(C)C)[C@@H](O)[C@@H]12. The fraction of sp³-hybridized carbons (Fsp3) is 0.867. The summed E-state index contributed by atoms with van der Waals surface area (Å²) >= 11 is 0. The normalized spacial score (nSPS) is 47.1. The summed E-state index contributed by atoms with van der Waals surface area (Å²) in [6, 6.07) is 0. The highest BCUT2D eigenvalue weighted by Gasteiger charge is 2.52. The van der Waals surface area contributed by atoms with Gasteiger partial charge in [-0.05, 0) is 37.5 Å². The minimum Gasteiger partial charge on any atom is -0.393 e. The van der Waals surface area contributed by atoms with E-state index in [4.69, 9.17) is 0 Å². The molecule has 2 fully saturated rings. The highest BCUT2D eigenvalue weighted by atomic mass is 16.3. The summed E-state index contributed by atoms with van der Waals surface area (Å²) in [5, 5.41) is 20.9. The molecule has 0 aromatic carbocycles. The van der Waals surface area contributed by atoms with E-state index in [2.05, 4.69) is 27.4 Å². The number of hydrogen-bond acceptors (Lipinski definition) is 2. The number of aliphatic hydroxyl groups is 2. The van der Waals surface area contributed by atoms with E-state index in [0.29, 0.717) is 11.8 Å². The van der Waals surface area contributed by atoms with Gasteiger partial charge in [-0.3, -0.25) is 0 Å². The molecule has 0 radical (unpaired) electrons. The summed E-state index contributed by atoms with van der Waals surface area (Å²) in [5.41, 5.74) is 0.996. The van der Waals surface area contributed by atoms with E-state index in [1.807, 2.05) is 0 Å². The maximum Gasteiger partial charge on any atom is 0.0642 e. The van der Waals surface area contributed by atoms with Crippen molar-refractivity contribution in [2.45, 2.75) is 58.7 Å². The average Bonchev–Trinajstić information content (AvgIpc) is 2.23. The number of fused-ring (bicyclic) bond motifs is 1. The molecule has 2 heteroatoms. The van der Waals surface area contributed by atoms with E-state index < -0.39 is 0 Å². The zero-order chi connectivity index (χ0) is 12.8. The van der Waals surface area contributed by atoms with Crippen LogP contribution in [0.5, 0.6) is 0 Å². The summed E-state index contributed by atoms with van der Waals surface area (Å²) in [6.07, 6.45) is 3.11. The Kier molecular flexibility index (Phi) is 3.39. The third-order valence-corrected chi connectivity index (χ3v) is 5.30. The van der Waals surface area contributed by atoms with Gasteiger partial charge in [0.2, 0.25) is 0 Å². The Morgan fingerprint density at radius 2 is 1.94 bits per heavy atom. The van der Waals surface area contributed by atoms with Gasteiger partial charge >= 0.3 is 0 Å². The van der Waals surface area contributed by atoms with Crippen molar-refractivity contribution in [1.82, 2.24) is 0 Å². The van der Waals surface area contributed by atoms with Crippen LogP contribution in [0.15, 0.2) is 12.2 Å². The molecule has 2 aliphatic carbocycles.